The second-order valence-electron chi connectivity index (χ2n) is 18.5. The lowest BCUT2D eigenvalue weighted by Crippen LogP contribution is -2.29. The molecule has 0 radical (unpaired) electrons. The summed E-state index contributed by atoms with van der Waals surface area (Å²) in [5.74, 6) is 0.784. The number of anilines is 1. The van der Waals surface area contributed by atoms with Crippen molar-refractivity contribution in [3.63, 3.8) is 0 Å². The second-order valence-corrected chi connectivity index (χ2v) is 18.5. The normalized spacial score (nSPS) is 12.6. The number of aliphatic hydroxyl groups excluding tert-OH is 1. The van der Waals surface area contributed by atoms with Crippen LogP contribution in [0.4, 0.5) is 5.69 Å². The first-order chi connectivity index (χ1) is 37.8. The van der Waals surface area contributed by atoms with Gasteiger partial charge in [0, 0.05) is 21.2 Å². The van der Waals surface area contributed by atoms with E-state index in [0.29, 0.717) is 185 Å². The average molecular weight is 1080 g/mol. The van der Waals surface area contributed by atoms with Crippen molar-refractivity contribution < 1.29 is 76.2 Å². The van der Waals surface area contributed by atoms with Gasteiger partial charge in [0.15, 0.2) is 0 Å². The van der Waals surface area contributed by atoms with Gasteiger partial charge >= 0.3 is 0 Å². The Labute approximate surface area is 458 Å². The van der Waals surface area contributed by atoms with E-state index in [-0.39, 0.29) is 6.61 Å². The van der Waals surface area contributed by atoms with Crippen molar-refractivity contribution in [2.75, 3.05) is 211 Å². The Morgan fingerprint density at radius 1 is 0.390 bits per heavy atom. The van der Waals surface area contributed by atoms with Crippen LogP contribution in [0.5, 0.6) is 5.75 Å². The lowest BCUT2D eigenvalue weighted by atomic mass is 9.67. The summed E-state index contributed by atoms with van der Waals surface area (Å²) in [7, 11) is 5.73. The Kier molecular flexibility index (Phi) is 31.8. The molecule has 0 saturated carbocycles. The van der Waals surface area contributed by atoms with Gasteiger partial charge in [-0.1, -0.05) is 71.8 Å². The summed E-state index contributed by atoms with van der Waals surface area (Å²) in [4.78, 5) is 2.09. The van der Waals surface area contributed by atoms with Crippen LogP contribution in [0.2, 0.25) is 0 Å². The molecule has 0 fully saturated rings. The molecule has 0 aromatic heterocycles. The van der Waals surface area contributed by atoms with Gasteiger partial charge < -0.3 is 81.1 Å². The molecule has 0 aliphatic heterocycles. The molecule has 0 spiro atoms. The third-order valence-electron chi connectivity index (χ3n) is 12.6. The summed E-state index contributed by atoms with van der Waals surface area (Å²) in [6, 6.07) is 27.2. The van der Waals surface area contributed by atoms with Crippen molar-refractivity contribution >= 4 is 5.69 Å². The number of methoxy groups -OCH3 is 1. The maximum atomic E-state index is 8.71. The molecule has 4 aromatic rings. The molecule has 17 heteroatoms. The minimum Gasteiger partial charge on any atom is -0.489 e. The van der Waals surface area contributed by atoms with E-state index >= 15 is 0 Å². The van der Waals surface area contributed by atoms with Crippen molar-refractivity contribution in [2.45, 2.75) is 32.8 Å². The van der Waals surface area contributed by atoms with Crippen LogP contribution in [0.1, 0.15) is 44.5 Å². The molecule has 0 heterocycles. The summed E-state index contributed by atoms with van der Waals surface area (Å²) in [6.45, 7) is 19.8. The van der Waals surface area contributed by atoms with Crippen molar-refractivity contribution in [1.29, 1.82) is 0 Å². The van der Waals surface area contributed by atoms with Gasteiger partial charge in [0.05, 0.1) is 196 Å². The lowest BCUT2D eigenvalue weighted by Gasteiger charge is -2.35. The van der Waals surface area contributed by atoms with Crippen molar-refractivity contribution in [3.8, 4) is 16.9 Å². The smallest absolute Gasteiger partial charge is 0.143 e. The van der Waals surface area contributed by atoms with E-state index < -0.39 is 5.41 Å². The minimum atomic E-state index is -0.650. The Morgan fingerprint density at radius 3 is 1.16 bits per heavy atom. The van der Waals surface area contributed by atoms with Gasteiger partial charge in [-0.3, -0.25) is 0 Å². The molecule has 430 valence electrons. The van der Waals surface area contributed by atoms with E-state index in [2.05, 4.69) is 98.5 Å². The molecule has 1 N–H and O–H groups in total. The number of hydrogen-bond donors (Lipinski definition) is 1. The number of aliphatic hydroxyl groups is 1. The monoisotopic (exact) mass is 1080 g/mol. The summed E-state index contributed by atoms with van der Waals surface area (Å²) >= 11 is 0. The summed E-state index contributed by atoms with van der Waals surface area (Å²) in [6.07, 6.45) is 0. The fourth-order valence-corrected chi connectivity index (χ4v) is 8.75. The van der Waals surface area contributed by atoms with Gasteiger partial charge in [-0.05, 0) is 77.4 Å². The zero-order chi connectivity index (χ0) is 54.6. The van der Waals surface area contributed by atoms with E-state index in [9.17, 15) is 0 Å². The molecule has 1 aliphatic rings. The van der Waals surface area contributed by atoms with Crippen LogP contribution < -0.4 is 9.64 Å². The molecule has 17 nitrogen and oxygen atoms in total. The highest BCUT2D eigenvalue weighted by Gasteiger charge is 2.47. The number of ether oxygens (including phenoxy) is 15. The molecule has 4 aromatic carbocycles. The number of rotatable bonds is 47. The van der Waals surface area contributed by atoms with E-state index in [1.54, 1.807) is 7.11 Å². The lowest BCUT2D eigenvalue weighted by molar-refractivity contribution is -0.0220. The largest absolute Gasteiger partial charge is 0.489 e. The van der Waals surface area contributed by atoms with Gasteiger partial charge in [0.2, 0.25) is 0 Å². The Morgan fingerprint density at radius 2 is 0.753 bits per heavy atom. The fraction of sp³-hybridized carbons (Fsp3) is 0.600. The maximum Gasteiger partial charge on any atom is 0.143 e. The standard InChI is InChI=1S/C60H89NO16/c1-48-7-12-54-55-13-8-49(2)44-57(55)60(56(54)43-48,52-10-9-50(3)51(45-52)47-76-40-39-74-36-35-72-32-31-70-28-27-68-24-23-66-20-19-64-16-15-62)53-11-14-58(61(4)5)59(46-53)77-42-41-75-38-37-73-34-33-71-30-29-69-26-25-67-22-21-65-18-17-63-6/h7-14,43-46,62H,15-42,47H2,1-6H3. The Bertz CT molecular complexity index is 2140. The predicted octanol–water partition coefficient (Wildman–Crippen LogP) is 6.77. The molecule has 0 amide bonds. The van der Waals surface area contributed by atoms with Crippen molar-refractivity contribution in [2.24, 2.45) is 0 Å². The molecule has 0 saturated heterocycles. The molecule has 1 aliphatic carbocycles. The van der Waals surface area contributed by atoms with Gasteiger partial charge in [-0.15, -0.1) is 0 Å². The van der Waals surface area contributed by atoms with Crippen molar-refractivity contribution in [1.82, 2.24) is 0 Å². The number of fused-ring (bicyclic) bond motifs is 3. The highest BCUT2D eigenvalue weighted by molar-refractivity contribution is 5.87. The Hall–Kier alpha value is -4.12. The van der Waals surface area contributed by atoms with Crippen LogP contribution in [0.3, 0.4) is 0 Å². The van der Waals surface area contributed by atoms with E-state index in [1.807, 2.05) is 14.1 Å². The van der Waals surface area contributed by atoms with Crippen LogP contribution >= 0.6 is 0 Å². The third-order valence-corrected chi connectivity index (χ3v) is 12.6. The quantitative estimate of drug-likeness (QED) is 0.0406. The third kappa shape index (κ3) is 22.2. The number of hydrogen-bond acceptors (Lipinski definition) is 17. The first-order valence-corrected chi connectivity index (χ1v) is 27.2. The predicted molar refractivity (Wildman–Crippen MR) is 296 cm³/mol. The number of aryl methyl sites for hydroxylation is 3. The van der Waals surface area contributed by atoms with E-state index in [0.717, 1.165) is 33.7 Å². The van der Waals surface area contributed by atoms with Gasteiger partial charge in [-0.2, -0.15) is 0 Å². The van der Waals surface area contributed by atoms with Crippen LogP contribution in [0.25, 0.3) is 11.1 Å². The first kappa shape index (κ1) is 63.7. The minimum absolute atomic E-state index is 0.0145. The maximum absolute atomic E-state index is 8.71. The second kappa shape index (κ2) is 38.5. The fourth-order valence-electron chi connectivity index (χ4n) is 8.75. The molecule has 0 unspecified atom stereocenters. The van der Waals surface area contributed by atoms with Crippen LogP contribution in [-0.2, 0) is 78.3 Å². The summed E-state index contributed by atoms with van der Waals surface area (Å²) in [5.41, 5.74) is 12.2. The van der Waals surface area contributed by atoms with Gasteiger partial charge in [-0.25, -0.2) is 0 Å². The average Bonchev–Trinajstić information content (AvgIpc) is 3.80. The topological polar surface area (TPSA) is 162 Å². The zero-order valence-electron chi connectivity index (χ0n) is 47.0. The first-order valence-electron chi connectivity index (χ1n) is 27.2. The molecule has 0 atom stereocenters. The molecule has 0 bridgehead atoms. The number of nitrogens with zero attached hydrogens (tertiary/aromatic N) is 1. The van der Waals surface area contributed by atoms with Gasteiger partial charge in [0.25, 0.3) is 0 Å². The summed E-state index contributed by atoms with van der Waals surface area (Å²) in [5, 5.41) is 8.71. The SMILES string of the molecule is COCCOCCOCCOCCOCCOCCOCCOc1cc(C2(c3ccc(C)c(COCCOCCOCCOCCOCCOCCOCCO)c3)c3cc(C)ccc3-c3ccc(C)cc32)ccc1N(C)C. The Balaban J connectivity index is 1.09. The highest BCUT2D eigenvalue weighted by Crippen LogP contribution is 2.57. The molecule has 77 heavy (non-hydrogen) atoms. The van der Waals surface area contributed by atoms with E-state index in [1.165, 1.54) is 33.4 Å². The van der Waals surface area contributed by atoms with Gasteiger partial charge in [0.1, 0.15) is 12.4 Å². The van der Waals surface area contributed by atoms with Crippen molar-refractivity contribution in [3.05, 3.63) is 117 Å². The van der Waals surface area contributed by atoms with Crippen LogP contribution in [0.15, 0.2) is 72.8 Å². The molecule has 5 rings (SSSR count). The zero-order valence-corrected chi connectivity index (χ0v) is 47.0. The number of benzene rings is 4. The molecular weight excluding hydrogens is 991 g/mol. The van der Waals surface area contributed by atoms with Crippen LogP contribution in [0, 0.1) is 20.8 Å². The summed E-state index contributed by atoms with van der Waals surface area (Å²) < 4.78 is 84.8. The highest BCUT2D eigenvalue weighted by atomic mass is 16.6. The molecular formula is C60H89NO16. The van der Waals surface area contributed by atoms with E-state index in [4.69, 9.17) is 76.2 Å². The van der Waals surface area contributed by atoms with Crippen LogP contribution in [-0.4, -0.2) is 211 Å².